The fourth-order valence-electron chi connectivity index (χ4n) is 1.58. The van der Waals surface area contributed by atoms with E-state index in [1.165, 1.54) is 18.2 Å². The molecule has 1 aromatic carbocycles. The molecule has 0 radical (unpaired) electrons. The van der Waals surface area contributed by atoms with Crippen LogP contribution >= 0.6 is 0 Å². The van der Waals surface area contributed by atoms with Gasteiger partial charge in [0, 0.05) is 18.7 Å². The molecule has 2 N–H and O–H groups in total. The number of nitrogens with one attached hydrogen (secondary N) is 1. The average molecular weight is 253 g/mol. The number of carbonyl (C=O) groups excluding carboxylic acids is 1. The number of hydrogen-bond donors (Lipinski definition) is 2. The Hall–Kier alpha value is -1.42. The summed E-state index contributed by atoms with van der Waals surface area (Å²) in [6, 6.07) is 5.61. The number of benzene rings is 1. The Morgan fingerprint density at radius 3 is 2.78 bits per heavy atom. The summed E-state index contributed by atoms with van der Waals surface area (Å²) in [6.07, 6.45) is 1.61. The van der Waals surface area contributed by atoms with Crippen molar-refractivity contribution >= 4 is 5.91 Å². The summed E-state index contributed by atoms with van der Waals surface area (Å²) in [5, 5.41) is 11.8. The summed E-state index contributed by atoms with van der Waals surface area (Å²) in [7, 11) is 0. The number of amides is 1. The SMILES string of the molecule is CC(C)(CO)CCCNC(=O)c1cccc(F)c1. The number of halogens is 1. The van der Waals surface area contributed by atoms with Crippen LogP contribution in [0, 0.1) is 11.2 Å². The molecule has 0 saturated carbocycles. The van der Waals surface area contributed by atoms with Crippen LogP contribution in [0.2, 0.25) is 0 Å². The molecule has 0 fully saturated rings. The van der Waals surface area contributed by atoms with E-state index >= 15 is 0 Å². The van der Waals surface area contributed by atoms with E-state index in [9.17, 15) is 9.18 Å². The summed E-state index contributed by atoms with van der Waals surface area (Å²) in [5.41, 5.74) is 0.209. The Balaban J connectivity index is 2.34. The third kappa shape index (κ3) is 4.84. The normalized spacial score (nSPS) is 11.3. The van der Waals surface area contributed by atoms with Gasteiger partial charge in [0.1, 0.15) is 5.82 Å². The molecule has 0 unspecified atom stereocenters. The molecule has 0 aromatic heterocycles. The van der Waals surface area contributed by atoms with Gasteiger partial charge in [-0.2, -0.15) is 0 Å². The van der Waals surface area contributed by atoms with E-state index in [0.717, 1.165) is 12.8 Å². The molecule has 0 bridgehead atoms. The molecule has 4 heteroatoms. The van der Waals surface area contributed by atoms with Gasteiger partial charge < -0.3 is 10.4 Å². The lowest BCUT2D eigenvalue weighted by atomic mass is 9.89. The Labute approximate surface area is 107 Å². The summed E-state index contributed by atoms with van der Waals surface area (Å²) in [6.45, 7) is 4.60. The van der Waals surface area contributed by atoms with Crippen molar-refractivity contribution in [2.24, 2.45) is 5.41 Å². The minimum Gasteiger partial charge on any atom is -0.396 e. The first-order valence-corrected chi connectivity index (χ1v) is 6.09. The van der Waals surface area contributed by atoms with Crippen LogP contribution in [0.25, 0.3) is 0 Å². The molecular weight excluding hydrogens is 233 g/mol. The Morgan fingerprint density at radius 2 is 2.17 bits per heavy atom. The minimum atomic E-state index is -0.413. The Morgan fingerprint density at radius 1 is 1.44 bits per heavy atom. The van der Waals surface area contributed by atoms with Crippen LogP contribution in [0.1, 0.15) is 37.0 Å². The minimum absolute atomic E-state index is 0.121. The van der Waals surface area contributed by atoms with E-state index in [4.69, 9.17) is 5.11 Å². The maximum atomic E-state index is 12.9. The first kappa shape index (κ1) is 14.6. The van der Waals surface area contributed by atoms with E-state index < -0.39 is 5.82 Å². The molecule has 0 aliphatic rings. The zero-order valence-electron chi connectivity index (χ0n) is 10.9. The molecule has 18 heavy (non-hydrogen) atoms. The van der Waals surface area contributed by atoms with Gasteiger partial charge in [-0.25, -0.2) is 4.39 Å². The molecule has 1 amide bonds. The highest BCUT2D eigenvalue weighted by atomic mass is 19.1. The fourth-order valence-corrected chi connectivity index (χ4v) is 1.58. The van der Waals surface area contributed by atoms with Gasteiger partial charge in [-0.05, 0) is 36.5 Å². The molecule has 0 atom stereocenters. The maximum Gasteiger partial charge on any atom is 0.251 e. The smallest absolute Gasteiger partial charge is 0.251 e. The zero-order valence-corrected chi connectivity index (χ0v) is 10.9. The summed E-state index contributed by atoms with van der Waals surface area (Å²) in [5.74, 6) is -0.680. The highest BCUT2D eigenvalue weighted by Crippen LogP contribution is 2.20. The van der Waals surface area contributed by atoms with Crippen LogP contribution in [0.3, 0.4) is 0 Å². The van der Waals surface area contributed by atoms with Gasteiger partial charge >= 0.3 is 0 Å². The van der Waals surface area contributed by atoms with Gasteiger partial charge in [0.05, 0.1) is 0 Å². The van der Waals surface area contributed by atoms with Crippen molar-refractivity contribution in [1.82, 2.24) is 5.32 Å². The van der Waals surface area contributed by atoms with Crippen molar-refractivity contribution in [2.45, 2.75) is 26.7 Å². The second kappa shape index (κ2) is 6.50. The molecule has 0 aliphatic heterocycles. The van der Waals surface area contributed by atoms with Crippen molar-refractivity contribution in [3.63, 3.8) is 0 Å². The molecule has 100 valence electrons. The van der Waals surface area contributed by atoms with Crippen molar-refractivity contribution in [3.05, 3.63) is 35.6 Å². The quantitative estimate of drug-likeness (QED) is 0.765. The van der Waals surface area contributed by atoms with Crippen molar-refractivity contribution in [3.8, 4) is 0 Å². The van der Waals surface area contributed by atoms with Gasteiger partial charge in [-0.15, -0.1) is 0 Å². The third-order valence-corrected chi connectivity index (χ3v) is 2.83. The lowest BCUT2D eigenvalue weighted by Gasteiger charge is -2.21. The van der Waals surface area contributed by atoms with E-state index in [1.54, 1.807) is 6.07 Å². The monoisotopic (exact) mass is 253 g/mol. The molecule has 1 rings (SSSR count). The predicted molar refractivity (Wildman–Crippen MR) is 68.8 cm³/mol. The van der Waals surface area contributed by atoms with E-state index in [2.05, 4.69) is 5.32 Å². The lowest BCUT2D eigenvalue weighted by molar-refractivity contribution is 0.0948. The van der Waals surface area contributed by atoms with E-state index in [0.29, 0.717) is 12.1 Å². The van der Waals surface area contributed by atoms with Crippen LogP contribution in [0.15, 0.2) is 24.3 Å². The molecule has 0 spiro atoms. The third-order valence-electron chi connectivity index (χ3n) is 2.83. The van der Waals surface area contributed by atoms with Gasteiger partial charge in [0.15, 0.2) is 0 Å². The highest BCUT2D eigenvalue weighted by Gasteiger charge is 2.15. The second-order valence-corrected chi connectivity index (χ2v) is 5.19. The first-order chi connectivity index (χ1) is 8.44. The highest BCUT2D eigenvalue weighted by molar-refractivity contribution is 5.94. The second-order valence-electron chi connectivity index (χ2n) is 5.19. The van der Waals surface area contributed by atoms with Crippen LogP contribution < -0.4 is 5.32 Å². The topological polar surface area (TPSA) is 49.3 Å². The number of rotatable bonds is 6. The van der Waals surface area contributed by atoms with Crippen molar-refractivity contribution in [1.29, 1.82) is 0 Å². The molecule has 1 aromatic rings. The van der Waals surface area contributed by atoms with E-state index in [-0.39, 0.29) is 17.9 Å². The number of aliphatic hydroxyl groups excluding tert-OH is 1. The standard InChI is InChI=1S/C14H20FNO2/c1-14(2,10-17)7-4-8-16-13(18)11-5-3-6-12(15)9-11/h3,5-6,9,17H,4,7-8,10H2,1-2H3,(H,16,18). The first-order valence-electron chi connectivity index (χ1n) is 6.09. The summed E-state index contributed by atoms with van der Waals surface area (Å²) >= 11 is 0. The van der Waals surface area contributed by atoms with Crippen molar-refractivity contribution in [2.75, 3.05) is 13.2 Å². The lowest BCUT2D eigenvalue weighted by Crippen LogP contribution is -2.26. The van der Waals surface area contributed by atoms with Crippen LogP contribution in [-0.4, -0.2) is 24.2 Å². The molecule has 0 aliphatic carbocycles. The Bertz CT molecular complexity index is 405. The summed E-state index contributed by atoms with van der Waals surface area (Å²) < 4.78 is 12.9. The number of aliphatic hydroxyl groups is 1. The average Bonchev–Trinajstić information content (AvgIpc) is 2.34. The van der Waals surface area contributed by atoms with Gasteiger partial charge in [-0.1, -0.05) is 19.9 Å². The Kier molecular flexibility index (Phi) is 5.28. The summed E-state index contributed by atoms with van der Waals surface area (Å²) in [4.78, 5) is 11.7. The van der Waals surface area contributed by atoms with Gasteiger partial charge in [0.2, 0.25) is 0 Å². The largest absolute Gasteiger partial charge is 0.396 e. The zero-order chi connectivity index (χ0) is 13.6. The van der Waals surface area contributed by atoms with Crippen LogP contribution in [0.4, 0.5) is 4.39 Å². The number of carbonyl (C=O) groups is 1. The van der Waals surface area contributed by atoms with Gasteiger partial charge in [-0.3, -0.25) is 4.79 Å². The molecule has 3 nitrogen and oxygen atoms in total. The van der Waals surface area contributed by atoms with Gasteiger partial charge in [0.25, 0.3) is 5.91 Å². The number of hydrogen-bond acceptors (Lipinski definition) is 2. The van der Waals surface area contributed by atoms with E-state index in [1.807, 2.05) is 13.8 Å². The van der Waals surface area contributed by atoms with Crippen molar-refractivity contribution < 1.29 is 14.3 Å². The maximum absolute atomic E-state index is 12.9. The molecule has 0 saturated heterocycles. The molecule has 0 heterocycles. The fraction of sp³-hybridized carbons (Fsp3) is 0.500. The van der Waals surface area contributed by atoms with Crippen LogP contribution in [-0.2, 0) is 0 Å². The predicted octanol–water partition coefficient (Wildman–Crippen LogP) is 2.35. The van der Waals surface area contributed by atoms with Crippen LogP contribution in [0.5, 0.6) is 0 Å². The molecular formula is C14H20FNO2.